The number of hydrogen-bond donors (Lipinski definition) is 2. The molecule has 3 N–H and O–H groups in total. The fourth-order valence-corrected chi connectivity index (χ4v) is 5.17. The van der Waals surface area contributed by atoms with Crippen LogP contribution in [0.2, 0.25) is 5.02 Å². The number of carbonyl (C=O) groups is 1. The van der Waals surface area contributed by atoms with Crippen molar-refractivity contribution in [1.82, 2.24) is 25.1 Å². The predicted octanol–water partition coefficient (Wildman–Crippen LogP) is 4.02. The zero-order chi connectivity index (χ0) is 24.5. The summed E-state index contributed by atoms with van der Waals surface area (Å²) >= 11 is 6.37. The van der Waals surface area contributed by atoms with Crippen molar-refractivity contribution in [1.29, 1.82) is 0 Å². The predicted molar refractivity (Wildman–Crippen MR) is 132 cm³/mol. The molecule has 1 aromatic carbocycles. The van der Waals surface area contributed by atoms with Crippen LogP contribution in [0.3, 0.4) is 0 Å². The van der Waals surface area contributed by atoms with Gasteiger partial charge in [-0.1, -0.05) is 17.7 Å². The zero-order valence-electron chi connectivity index (χ0n) is 19.9. The van der Waals surface area contributed by atoms with Gasteiger partial charge in [0.15, 0.2) is 0 Å². The third-order valence-corrected chi connectivity index (χ3v) is 7.38. The van der Waals surface area contributed by atoms with Gasteiger partial charge in [0.1, 0.15) is 11.6 Å². The van der Waals surface area contributed by atoms with E-state index in [-0.39, 0.29) is 24.2 Å². The van der Waals surface area contributed by atoms with Crippen molar-refractivity contribution < 1.29 is 9.18 Å². The van der Waals surface area contributed by atoms with E-state index >= 15 is 4.39 Å². The molecule has 1 saturated carbocycles. The number of piperidine rings is 1. The number of nitrogens with two attached hydrogens (primary N) is 1. The second-order valence-electron chi connectivity index (χ2n) is 9.84. The van der Waals surface area contributed by atoms with E-state index in [2.05, 4.69) is 31.1 Å². The molecule has 7 nitrogen and oxygen atoms in total. The fraction of sp³-hybridized carbons (Fsp3) is 0.462. The molecule has 9 heteroatoms. The lowest BCUT2D eigenvalue weighted by Gasteiger charge is -2.32. The number of amides is 1. The quantitative estimate of drug-likeness (QED) is 0.490. The van der Waals surface area contributed by atoms with Gasteiger partial charge in [-0.15, -0.1) is 0 Å². The smallest absolute Gasteiger partial charge is 0.231 e. The summed E-state index contributed by atoms with van der Waals surface area (Å²) in [5, 5.41) is 7.97. The first-order chi connectivity index (χ1) is 16.9. The molecular formula is C26H30ClFN6O. The zero-order valence-corrected chi connectivity index (χ0v) is 20.6. The Morgan fingerprint density at radius 3 is 2.66 bits per heavy atom. The van der Waals surface area contributed by atoms with Gasteiger partial charge in [-0.3, -0.25) is 14.8 Å². The first kappa shape index (κ1) is 23.9. The number of halogens is 2. The Balaban J connectivity index is 1.28. The average molecular weight is 497 g/mol. The van der Waals surface area contributed by atoms with Gasteiger partial charge < -0.3 is 5.73 Å². The summed E-state index contributed by atoms with van der Waals surface area (Å²) in [6.45, 7) is 3.88. The molecule has 2 fully saturated rings. The summed E-state index contributed by atoms with van der Waals surface area (Å²) in [4.78, 5) is 22.2. The minimum Gasteiger partial charge on any atom is -0.369 e. The number of nitrogens with zero attached hydrogens (tertiary/aromatic N) is 4. The molecule has 2 aromatic heterocycles. The lowest BCUT2D eigenvalue weighted by atomic mass is 9.85. The Kier molecular flexibility index (Phi) is 6.84. The number of carbonyl (C=O) groups excluding carboxylic acids is 1. The molecule has 3 aromatic rings. The first-order valence-electron chi connectivity index (χ1n) is 12.2. The van der Waals surface area contributed by atoms with Gasteiger partial charge in [0, 0.05) is 30.7 Å². The van der Waals surface area contributed by atoms with Gasteiger partial charge in [-0.25, -0.2) is 14.4 Å². The molecule has 1 amide bonds. The summed E-state index contributed by atoms with van der Waals surface area (Å²) in [5.74, 6) is 0.838. The van der Waals surface area contributed by atoms with E-state index in [9.17, 15) is 4.79 Å². The van der Waals surface area contributed by atoms with Crippen molar-refractivity contribution in [3.8, 4) is 0 Å². The van der Waals surface area contributed by atoms with Crippen LogP contribution < -0.4 is 5.73 Å². The topological polar surface area (TPSA) is 101 Å². The molecule has 184 valence electrons. The van der Waals surface area contributed by atoms with E-state index in [1.54, 1.807) is 12.3 Å². The summed E-state index contributed by atoms with van der Waals surface area (Å²) in [6.07, 6.45) is 6.57. The van der Waals surface area contributed by atoms with Crippen molar-refractivity contribution in [3.05, 3.63) is 74.8 Å². The number of aromatic nitrogens is 4. The Hall–Kier alpha value is -2.84. The molecular weight excluding hydrogens is 467 g/mol. The maximum Gasteiger partial charge on any atom is 0.231 e. The Labute approximate surface area is 209 Å². The van der Waals surface area contributed by atoms with Crippen molar-refractivity contribution in [2.45, 2.75) is 57.3 Å². The monoisotopic (exact) mass is 496 g/mol. The minimum atomic E-state index is -0.310. The molecule has 0 spiro atoms. The first-order valence-corrected chi connectivity index (χ1v) is 12.6. The maximum absolute atomic E-state index is 15.2. The molecule has 0 bridgehead atoms. The lowest BCUT2D eigenvalue weighted by Crippen LogP contribution is -2.39. The Morgan fingerprint density at radius 2 is 1.94 bits per heavy atom. The Bertz CT molecular complexity index is 1230. The van der Waals surface area contributed by atoms with E-state index in [0.29, 0.717) is 40.9 Å². The van der Waals surface area contributed by atoms with Crippen molar-refractivity contribution in [2.75, 3.05) is 19.6 Å². The minimum absolute atomic E-state index is 0.243. The summed E-state index contributed by atoms with van der Waals surface area (Å²) < 4.78 is 15.2. The van der Waals surface area contributed by atoms with Gasteiger partial charge in [-0.05, 0) is 80.4 Å². The van der Waals surface area contributed by atoms with E-state index in [1.807, 2.05) is 13.0 Å². The molecule has 0 radical (unpaired) electrons. The van der Waals surface area contributed by atoms with Crippen LogP contribution in [0, 0.1) is 12.7 Å². The molecule has 35 heavy (non-hydrogen) atoms. The van der Waals surface area contributed by atoms with Crippen LogP contribution in [0.4, 0.5) is 4.39 Å². The lowest BCUT2D eigenvalue weighted by molar-refractivity contribution is -0.119. The summed E-state index contributed by atoms with van der Waals surface area (Å²) in [5.41, 5.74) is 10.8. The highest BCUT2D eigenvalue weighted by molar-refractivity contribution is 6.31. The van der Waals surface area contributed by atoms with Gasteiger partial charge >= 0.3 is 0 Å². The number of likely N-dealkylation sites (tertiary alicyclic amines) is 1. The van der Waals surface area contributed by atoms with Crippen LogP contribution >= 0.6 is 11.6 Å². The molecule has 5 rings (SSSR count). The highest BCUT2D eigenvalue weighted by Gasteiger charge is 2.26. The number of aromatic amines is 1. The van der Waals surface area contributed by atoms with Crippen LogP contribution in [0.25, 0.3) is 0 Å². The van der Waals surface area contributed by atoms with E-state index in [0.717, 1.165) is 48.4 Å². The maximum atomic E-state index is 15.2. The highest BCUT2D eigenvalue weighted by Crippen LogP contribution is 2.39. The molecule has 0 atom stereocenters. The van der Waals surface area contributed by atoms with Crippen LogP contribution in [-0.2, 0) is 17.6 Å². The van der Waals surface area contributed by atoms with Crippen LogP contribution in [0.5, 0.6) is 0 Å². The molecule has 1 saturated heterocycles. The fourth-order valence-electron chi connectivity index (χ4n) is 5.02. The normalized spacial score (nSPS) is 17.1. The standard InChI is InChI=1S/C26H30ClFN6O/c1-15-8-18(22(28)12-20(15)16-4-6-34(7-5-16)14-25(29)35)9-26-30-13-21(27)24(31-26)11-19-10-23(33-32-19)17-2-3-17/h8,10,12-13,16-17H,2-7,9,11,14H2,1H3,(H2,29,35)(H,32,33). The number of H-pyrrole nitrogens is 1. The van der Waals surface area contributed by atoms with Gasteiger partial charge in [0.25, 0.3) is 0 Å². The summed E-state index contributed by atoms with van der Waals surface area (Å²) in [7, 11) is 0. The van der Waals surface area contributed by atoms with Crippen LogP contribution in [0.15, 0.2) is 24.4 Å². The van der Waals surface area contributed by atoms with Crippen molar-refractivity contribution in [3.63, 3.8) is 0 Å². The molecule has 1 aliphatic heterocycles. The molecule has 2 aliphatic rings. The van der Waals surface area contributed by atoms with Gasteiger partial charge in [-0.2, -0.15) is 5.10 Å². The molecule has 3 heterocycles. The third kappa shape index (κ3) is 5.70. The van der Waals surface area contributed by atoms with Crippen LogP contribution in [0.1, 0.15) is 77.1 Å². The number of hydrogen-bond acceptors (Lipinski definition) is 5. The second-order valence-corrected chi connectivity index (χ2v) is 10.3. The third-order valence-electron chi connectivity index (χ3n) is 7.06. The number of aryl methyl sites for hydroxylation is 1. The van der Waals surface area contributed by atoms with E-state index < -0.39 is 0 Å². The number of rotatable bonds is 8. The SMILES string of the molecule is Cc1cc(Cc2ncc(Cl)c(Cc3cc(C4CC4)n[nH]3)n2)c(F)cc1C1CCN(CC(N)=O)CC1. The van der Waals surface area contributed by atoms with Crippen molar-refractivity contribution in [2.24, 2.45) is 5.73 Å². The van der Waals surface area contributed by atoms with Crippen LogP contribution in [-0.4, -0.2) is 50.6 Å². The summed E-state index contributed by atoms with van der Waals surface area (Å²) in [6, 6.07) is 5.66. The number of benzene rings is 1. The average Bonchev–Trinajstić information content (AvgIpc) is 3.57. The van der Waals surface area contributed by atoms with Crippen molar-refractivity contribution >= 4 is 17.5 Å². The molecule has 1 aliphatic carbocycles. The molecule has 0 unspecified atom stereocenters. The number of primary amides is 1. The second kappa shape index (κ2) is 10.0. The van der Waals surface area contributed by atoms with E-state index in [4.69, 9.17) is 17.3 Å². The van der Waals surface area contributed by atoms with E-state index in [1.165, 1.54) is 12.8 Å². The van der Waals surface area contributed by atoms with Gasteiger partial charge in [0.05, 0.1) is 23.0 Å². The number of nitrogens with one attached hydrogen (secondary N) is 1. The largest absolute Gasteiger partial charge is 0.369 e. The Morgan fingerprint density at radius 1 is 1.17 bits per heavy atom. The highest BCUT2D eigenvalue weighted by atomic mass is 35.5. The van der Waals surface area contributed by atoms with Gasteiger partial charge in [0.2, 0.25) is 5.91 Å².